The Labute approximate surface area is 99.2 Å². The largest absolute Gasteiger partial charge is 0.476 e. The van der Waals surface area contributed by atoms with Gasteiger partial charge in [-0.2, -0.15) is 5.10 Å². The fraction of sp³-hybridized carbons (Fsp3) is 0.545. The summed E-state index contributed by atoms with van der Waals surface area (Å²) in [5.74, 6) is -1.57. The average molecular weight is 240 g/mol. The van der Waals surface area contributed by atoms with E-state index in [1.54, 1.807) is 27.7 Å². The van der Waals surface area contributed by atoms with Crippen LogP contribution in [-0.4, -0.2) is 32.4 Å². The number of carboxylic acids is 1. The highest BCUT2D eigenvalue weighted by molar-refractivity contribution is 5.85. The Bertz CT molecular complexity index is 431. The number of ether oxygens (including phenoxy) is 1. The van der Waals surface area contributed by atoms with E-state index in [9.17, 15) is 9.59 Å². The highest BCUT2D eigenvalue weighted by Gasteiger charge is 2.24. The average Bonchev–Trinajstić information content (AvgIpc) is 2.62. The van der Waals surface area contributed by atoms with E-state index < -0.39 is 23.6 Å². The van der Waals surface area contributed by atoms with Crippen LogP contribution in [0.25, 0.3) is 0 Å². The molecular weight excluding hydrogens is 224 g/mol. The summed E-state index contributed by atoms with van der Waals surface area (Å²) in [7, 11) is 0. The van der Waals surface area contributed by atoms with Gasteiger partial charge in [-0.15, -0.1) is 0 Å². The fourth-order valence-electron chi connectivity index (χ4n) is 1.16. The zero-order valence-corrected chi connectivity index (χ0v) is 10.3. The van der Waals surface area contributed by atoms with Gasteiger partial charge < -0.3 is 9.84 Å². The van der Waals surface area contributed by atoms with Crippen molar-refractivity contribution in [1.29, 1.82) is 0 Å². The quantitative estimate of drug-likeness (QED) is 0.809. The van der Waals surface area contributed by atoms with E-state index in [1.807, 2.05) is 0 Å². The van der Waals surface area contributed by atoms with E-state index in [2.05, 4.69) is 5.10 Å². The molecule has 0 spiro atoms. The number of esters is 1. The molecule has 1 atom stereocenters. The lowest BCUT2D eigenvalue weighted by Gasteiger charge is -2.22. The van der Waals surface area contributed by atoms with Gasteiger partial charge in [0.15, 0.2) is 5.69 Å². The highest BCUT2D eigenvalue weighted by Crippen LogP contribution is 2.14. The summed E-state index contributed by atoms with van der Waals surface area (Å²) in [6.07, 6.45) is 1.44. The molecule has 17 heavy (non-hydrogen) atoms. The Hall–Kier alpha value is -1.85. The second kappa shape index (κ2) is 4.57. The molecule has 0 amide bonds. The standard InChI is InChI=1S/C11H16N2O4/c1-7(10(16)17-11(2,3)4)13-6-5-8(12-13)9(14)15/h5-7H,1-4H3,(H,14,15)/t7-/m0/s1. The molecule has 0 aliphatic heterocycles. The summed E-state index contributed by atoms with van der Waals surface area (Å²) in [6.45, 7) is 6.91. The Morgan fingerprint density at radius 3 is 2.47 bits per heavy atom. The van der Waals surface area contributed by atoms with Gasteiger partial charge in [-0.05, 0) is 33.8 Å². The number of hydrogen-bond donors (Lipinski definition) is 1. The van der Waals surface area contributed by atoms with Crippen molar-refractivity contribution in [3.63, 3.8) is 0 Å². The molecule has 0 unspecified atom stereocenters. The van der Waals surface area contributed by atoms with Crippen molar-refractivity contribution in [3.8, 4) is 0 Å². The number of carboxylic acid groups (broad SMARTS) is 1. The van der Waals surface area contributed by atoms with Crippen LogP contribution in [0, 0.1) is 0 Å². The van der Waals surface area contributed by atoms with Crippen LogP contribution < -0.4 is 0 Å². The first-order chi connectivity index (χ1) is 7.70. The number of carbonyl (C=O) groups excluding carboxylic acids is 1. The molecule has 0 aliphatic carbocycles. The third kappa shape index (κ3) is 3.58. The van der Waals surface area contributed by atoms with Crippen LogP contribution >= 0.6 is 0 Å². The van der Waals surface area contributed by atoms with Gasteiger partial charge in [0.05, 0.1) is 0 Å². The predicted octanol–water partition coefficient (Wildman–Crippen LogP) is 1.48. The molecule has 6 nitrogen and oxygen atoms in total. The molecule has 0 aliphatic rings. The summed E-state index contributed by atoms with van der Waals surface area (Å²) in [5.41, 5.74) is -0.672. The fourth-order valence-corrected chi connectivity index (χ4v) is 1.16. The van der Waals surface area contributed by atoms with E-state index in [0.717, 1.165) is 0 Å². The zero-order valence-electron chi connectivity index (χ0n) is 10.3. The van der Waals surface area contributed by atoms with Crippen molar-refractivity contribution < 1.29 is 19.4 Å². The Kier molecular flexibility index (Phi) is 3.55. The third-order valence-electron chi connectivity index (χ3n) is 1.97. The molecule has 1 rings (SSSR count). The lowest BCUT2D eigenvalue weighted by molar-refractivity contribution is -0.158. The van der Waals surface area contributed by atoms with Gasteiger partial charge in [-0.25, -0.2) is 9.59 Å². The van der Waals surface area contributed by atoms with Crippen LogP contribution in [0.5, 0.6) is 0 Å². The van der Waals surface area contributed by atoms with E-state index in [0.29, 0.717) is 0 Å². The molecule has 0 bridgehead atoms. The van der Waals surface area contributed by atoms with Crippen molar-refractivity contribution in [3.05, 3.63) is 18.0 Å². The molecule has 6 heteroatoms. The van der Waals surface area contributed by atoms with Crippen molar-refractivity contribution in [2.75, 3.05) is 0 Å². The van der Waals surface area contributed by atoms with Crippen LogP contribution in [0.2, 0.25) is 0 Å². The van der Waals surface area contributed by atoms with Crippen LogP contribution in [0.3, 0.4) is 0 Å². The van der Waals surface area contributed by atoms with Crippen molar-refractivity contribution in [1.82, 2.24) is 9.78 Å². The lowest BCUT2D eigenvalue weighted by atomic mass is 10.2. The maximum atomic E-state index is 11.7. The van der Waals surface area contributed by atoms with Gasteiger partial charge in [-0.1, -0.05) is 0 Å². The van der Waals surface area contributed by atoms with E-state index in [1.165, 1.54) is 16.9 Å². The van der Waals surface area contributed by atoms with Gasteiger partial charge in [0.25, 0.3) is 0 Å². The number of nitrogens with zero attached hydrogens (tertiary/aromatic N) is 2. The summed E-state index contributed by atoms with van der Waals surface area (Å²) >= 11 is 0. The maximum absolute atomic E-state index is 11.7. The maximum Gasteiger partial charge on any atom is 0.356 e. The van der Waals surface area contributed by atoms with E-state index in [4.69, 9.17) is 9.84 Å². The van der Waals surface area contributed by atoms with Crippen LogP contribution in [0.1, 0.15) is 44.2 Å². The van der Waals surface area contributed by atoms with Crippen molar-refractivity contribution >= 4 is 11.9 Å². The molecule has 1 N–H and O–H groups in total. The van der Waals surface area contributed by atoms with Crippen molar-refractivity contribution in [2.24, 2.45) is 0 Å². The van der Waals surface area contributed by atoms with E-state index in [-0.39, 0.29) is 5.69 Å². The van der Waals surface area contributed by atoms with Gasteiger partial charge in [0, 0.05) is 6.20 Å². The molecule has 0 saturated heterocycles. The molecule has 1 heterocycles. The summed E-state index contributed by atoms with van der Waals surface area (Å²) in [4.78, 5) is 22.4. The van der Waals surface area contributed by atoms with Crippen LogP contribution in [0.15, 0.2) is 12.3 Å². The Morgan fingerprint density at radius 1 is 1.47 bits per heavy atom. The lowest BCUT2D eigenvalue weighted by Crippen LogP contribution is -2.29. The van der Waals surface area contributed by atoms with Crippen molar-refractivity contribution in [2.45, 2.75) is 39.3 Å². The molecular formula is C11H16N2O4. The number of aromatic carboxylic acids is 1. The minimum atomic E-state index is -1.12. The highest BCUT2D eigenvalue weighted by atomic mass is 16.6. The second-order valence-electron chi connectivity index (χ2n) is 4.70. The Morgan fingerprint density at radius 2 is 2.06 bits per heavy atom. The number of rotatable bonds is 3. The normalized spacial score (nSPS) is 13.2. The minimum absolute atomic E-state index is 0.0968. The van der Waals surface area contributed by atoms with E-state index >= 15 is 0 Å². The van der Waals surface area contributed by atoms with Gasteiger partial charge in [0.2, 0.25) is 0 Å². The van der Waals surface area contributed by atoms with Crippen LogP contribution in [-0.2, 0) is 9.53 Å². The number of carbonyl (C=O) groups is 2. The predicted molar refractivity (Wildman–Crippen MR) is 59.7 cm³/mol. The SMILES string of the molecule is C[C@@H](C(=O)OC(C)(C)C)n1ccc(C(=O)O)n1. The molecule has 1 aromatic heterocycles. The minimum Gasteiger partial charge on any atom is -0.476 e. The van der Waals surface area contributed by atoms with Gasteiger partial charge in [0.1, 0.15) is 11.6 Å². The molecule has 0 aromatic carbocycles. The summed E-state index contributed by atoms with van der Waals surface area (Å²) in [5, 5.41) is 12.5. The monoisotopic (exact) mass is 240 g/mol. The smallest absolute Gasteiger partial charge is 0.356 e. The molecule has 0 saturated carbocycles. The molecule has 0 fully saturated rings. The molecule has 94 valence electrons. The first-order valence-electron chi connectivity index (χ1n) is 5.22. The topological polar surface area (TPSA) is 81.4 Å². The number of hydrogen-bond acceptors (Lipinski definition) is 4. The molecule has 0 radical (unpaired) electrons. The van der Waals surface area contributed by atoms with Gasteiger partial charge in [-0.3, -0.25) is 4.68 Å². The first kappa shape index (κ1) is 13.2. The Balaban J connectivity index is 2.78. The second-order valence-corrected chi connectivity index (χ2v) is 4.70. The number of aromatic nitrogens is 2. The van der Waals surface area contributed by atoms with Gasteiger partial charge >= 0.3 is 11.9 Å². The third-order valence-corrected chi connectivity index (χ3v) is 1.97. The molecule has 1 aromatic rings. The zero-order chi connectivity index (χ0) is 13.2. The van der Waals surface area contributed by atoms with Crippen LogP contribution in [0.4, 0.5) is 0 Å². The summed E-state index contributed by atoms with van der Waals surface area (Å²) in [6, 6.07) is 0.686. The summed E-state index contributed by atoms with van der Waals surface area (Å²) < 4.78 is 6.45. The first-order valence-corrected chi connectivity index (χ1v) is 5.22.